The van der Waals surface area contributed by atoms with Crippen molar-refractivity contribution in [3.63, 3.8) is 0 Å². The van der Waals surface area contributed by atoms with Gasteiger partial charge in [-0.15, -0.1) is 0 Å². The Hall–Kier alpha value is -3.54. The van der Waals surface area contributed by atoms with Gasteiger partial charge in [0.25, 0.3) is 0 Å². The van der Waals surface area contributed by atoms with Crippen LogP contribution in [0, 0.1) is 5.92 Å². The van der Waals surface area contributed by atoms with E-state index in [0.717, 1.165) is 23.6 Å². The number of carbonyl (C=O) groups is 2. The Kier molecular flexibility index (Phi) is 7.45. The van der Waals surface area contributed by atoms with Crippen LogP contribution >= 0.6 is 0 Å². The number of benzene rings is 2. The van der Waals surface area contributed by atoms with Gasteiger partial charge < -0.3 is 20.4 Å². The van der Waals surface area contributed by atoms with Gasteiger partial charge >= 0.3 is 0 Å². The van der Waals surface area contributed by atoms with Gasteiger partial charge in [0.2, 0.25) is 11.8 Å². The molecule has 2 amide bonds. The molecule has 0 bridgehead atoms. The molecule has 0 saturated heterocycles. The van der Waals surface area contributed by atoms with Crippen molar-refractivity contribution in [1.29, 1.82) is 0 Å². The molecular weight excluding hydrogens is 414 g/mol. The van der Waals surface area contributed by atoms with E-state index in [1.807, 2.05) is 79.9 Å². The summed E-state index contributed by atoms with van der Waals surface area (Å²) < 4.78 is 5.89. The van der Waals surface area contributed by atoms with Crippen LogP contribution in [0.5, 0.6) is 5.75 Å². The van der Waals surface area contributed by atoms with Crippen LogP contribution in [0.4, 0.5) is 0 Å². The molecular formula is C27H31N3O3. The predicted octanol–water partition coefficient (Wildman–Crippen LogP) is 4.47. The van der Waals surface area contributed by atoms with Crippen molar-refractivity contribution in [3.8, 4) is 5.75 Å². The maximum atomic E-state index is 13.1. The molecule has 0 radical (unpaired) electrons. The first kappa shape index (κ1) is 22.6. The second-order valence-corrected chi connectivity index (χ2v) is 8.66. The summed E-state index contributed by atoms with van der Waals surface area (Å²) in [5.41, 5.74) is 2.51. The lowest BCUT2D eigenvalue weighted by Gasteiger charge is -2.25. The average molecular weight is 446 g/mol. The molecule has 2 aromatic carbocycles. The molecule has 1 saturated carbocycles. The van der Waals surface area contributed by atoms with Crippen LogP contribution in [-0.4, -0.2) is 23.4 Å². The van der Waals surface area contributed by atoms with Crippen molar-refractivity contribution >= 4 is 11.8 Å². The van der Waals surface area contributed by atoms with Gasteiger partial charge in [-0.25, -0.2) is 0 Å². The normalized spacial score (nSPS) is 15.2. The maximum Gasteiger partial charge on any atom is 0.247 e. The van der Waals surface area contributed by atoms with E-state index >= 15 is 0 Å². The van der Waals surface area contributed by atoms with E-state index in [9.17, 15) is 9.59 Å². The summed E-state index contributed by atoms with van der Waals surface area (Å²) in [7, 11) is 0. The van der Waals surface area contributed by atoms with Gasteiger partial charge in [0, 0.05) is 11.9 Å². The van der Waals surface area contributed by atoms with Crippen LogP contribution < -0.4 is 15.4 Å². The number of ether oxygens (including phenoxy) is 1. The van der Waals surface area contributed by atoms with Crippen molar-refractivity contribution < 1.29 is 14.3 Å². The van der Waals surface area contributed by atoms with E-state index in [1.165, 1.54) is 19.3 Å². The predicted molar refractivity (Wildman–Crippen MR) is 128 cm³/mol. The van der Waals surface area contributed by atoms with Crippen LogP contribution in [0.3, 0.4) is 0 Å². The minimum Gasteiger partial charge on any atom is -0.493 e. The fourth-order valence-corrected chi connectivity index (χ4v) is 3.85. The summed E-state index contributed by atoms with van der Waals surface area (Å²) in [6.07, 6.45) is 5.55. The number of aromatic nitrogens is 1. The topological polar surface area (TPSA) is 83.2 Å². The van der Waals surface area contributed by atoms with E-state index < -0.39 is 6.04 Å². The lowest BCUT2D eigenvalue weighted by atomic mass is 9.86. The van der Waals surface area contributed by atoms with Gasteiger partial charge in [0.05, 0.1) is 19.1 Å². The summed E-state index contributed by atoms with van der Waals surface area (Å²) in [5.74, 6) is 0.581. The third-order valence-electron chi connectivity index (χ3n) is 6.28. The Morgan fingerprint density at radius 2 is 1.73 bits per heavy atom. The number of hydrogen-bond donors (Lipinski definition) is 3. The first-order valence-electron chi connectivity index (χ1n) is 11.6. The Balaban J connectivity index is 1.46. The van der Waals surface area contributed by atoms with Crippen molar-refractivity contribution in [2.24, 2.45) is 5.92 Å². The first-order valence-corrected chi connectivity index (χ1v) is 11.6. The molecule has 1 fully saturated rings. The van der Waals surface area contributed by atoms with E-state index in [4.69, 9.17) is 4.74 Å². The highest BCUT2D eigenvalue weighted by Gasteiger charge is 2.26. The number of nitrogens with one attached hydrogen (secondary N) is 3. The third kappa shape index (κ3) is 6.04. The van der Waals surface area contributed by atoms with Crippen LogP contribution in [0.15, 0.2) is 72.9 Å². The molecule has 0 unspecified atom stereocenters. The van der Waals surface area contributed by atoms with Crippen LogP contribution in [-0.2, 0) is 16.1 Å². The lowest BCUT2D eigenvalue weighted by molar-refractivity contribution is -0.129. The maximum absolute atomic E-state index is 13.1. The molecule has 172 valence electrons. The Bertz CT molecular complexity index is 1030. The molecule has 1 aliphatic rings. The van der Waals surface area contributed by atoms with Crippen molar-refractivity contribution in [2.45, 2.75) is 44.7 Å². The summed E-state index contributed by atoms with van der Waals surface area (Å²) in [6, 6.07) is 20.0. The minimum atomic E-state index is -0.806. The number of H-pyrrole nitrogens is 1. The number of carbonyl (C=O) groups excluding carboxylic acids is 2. The number of hydrogen-bond acceptors (Lipinski definition) is 3. The third-order valence-corrected chi connectivity index (χ3v) is 6.28. The van der Waals surface area contributed by atoms with Gasteiger partial charge in [-0.3, -0.25) is 9.59 Å². The van der Waals surface area contributed by atoms with Gasteiger partial charge in [0.15, 0.2) is 0 Å². The molecule has 3 N–H and O–H groups in total. The van der Waals surface area contributed by atoms with Crippen LogP contribution in [0.1, 0.15) is 55.0 Å². The second-order valence-electron chi connectivity index (χ2n) is 8.66. The van der Waals surface area contributed by atoms with Crippen LogP contribution in [0.25, 0.3) is 0 Å². The largest absolute Gasteiger partial charge is 0.493 e. The second kappa shape index (κ2) is 10.9. The number of rotatable bonds is 10. The highest BCUT2D eigenvalue weighted by Crippen LogP contribution is 2.27. The minimum absolute atomic E-state index is 0.202. The highest BCUT2D eigenvalue weighted by atomic mass is 16.5. The van der Waals surface area contributed by atoms with Crippen molar-refractivity contribution in [2.75, 3.05) is 6.61 Å². The number of amides is 2. The summed E-state index contributed by atoms with van der Waals surface area (Å²) in [6.45, 7) is 2.93. The lowest BCUT2D eigenvalue weighted by Crippen LogP contribution is -2.41. The molecule has 4 rings (SSSR count). The monoisotopic (exact) mass is 445 g/mol. The molecule has 2 atom stereocenters. The Morgan fingerprint density at radius 1 is 0.970 bits per heavy atom. The Labute approximate surface area is 194 Å². The number of aromatic amines is 1. The first-order chi connectivity index (χ1) is 16.1. The SMILES string of the molecule is C[C@H](C(=O)N[C@@H](C(=O)NCc1ccc[nH]1)c1ccc(OCC2CCC2)cc1)c1ccccc1. The summed E-state index contributed by atoms with van der Waals surface area (Å²) in [4.78, 5) is 29.2. The van der Waals surface area contributed by atoms with Gasteiger partial charge in [-0.1, -0.05) is 48.9 Å². The van der Waals surface area contributed by atoms with Gasteiger partial charge in [-0.05, 0) is 61.1 Å². The zero-order chi connectivity index (χ0) is 23.0. The smallest absolute Gasteiger partial charge is 0.247 e. The van der Waals surface area contributed by atoms with Gasteiger partial charge in [0.1, 0.15) is 11.8 Å². The molecule has 0 spiro atoms. The molecule has 6 nitrogen and oxygen atoms in total. The summed E-state index contributed by atoms with van der Waals surface area (Å²) in [5, 5.41) is 5.87. The van der Waals surface area contributed by atoms with Crippen LogP contribution in [0.2, 0.25) is 0 Å². The standard InChI is InChI=1S/C27H31N3O3/c1-19(21-9-3-2-4-10-21)26(31)30-25(27(32)29-17-23-11-6-16-28-23)22-12-14-24(15-13-22)33-18-20-7-5-8-20/h2-4,6,9-16,19-20,25,28H,5,7-8,17-18H2,1H3,(H,29,32)(H,30,31)/t19-,25+/m0/s1. The van der Waals surface area contributed by atoms with E-state index in [0.29, 0.717) is 18.0 Å². The van der Waals surface area contributed by atoms with Gasteiger partial charge in [-0.2, -0.15) is 0 Å². The van der Waals surface area contributed by atoms with E-state index in [-0.39, 0.29) is 17.7 Å². The Morgan fingerprint density at radius 3 is 2.36 bits per heavy atom. The molecule has 6 heteroatoms. The van der Waals surface area contributed by atoms with E-state index in [2.05, 4.69) is 15.6 Å². The average Bonchev–Trinajstić information content (AvgIpc) is 3.34. The zero-order valence-corrected chi connectivity index (χ0v) is 18.9. The highest BCUT2D eigenvalue weighted by molar-refractivity contribution is 5.91. The van der Waals surface area contributed by atoms with Crippen molar-refractivity contribution in [3.05, 3.63) is 89.7 Å². The molecule has 1 aromatic heterocycles. The van der Waals surface area contributed by atoms with E-state index in [1.54, 1.807) is 0 Å². The quantitative estimate of drug-likeness (QED) is 0.431. The summed E-state index contributed by atoms with van der Waals surface area (Å²) >= 11 is 0. The zero-order valence-electron chi connectivity index (χ0n) is 18.9. The van der Waals surface area contributed by atoms with Crippen molar-refractivity contribution in [1.82, 2.24) is 15.6 Å². The molecule has 1 aliphatic carbocycles. The molecule has 0 aliphatic heterocycles. The molecule has 3 aromatic rings. The molecule has 33 heavy (non-hydrogen) atoms. The fraction of sp³-hybridized carbons (Fsp3) is 0.333. The molecule has 1 heterocycles. The fourth-order valence-electron chi connectivity index (χ4n) is 3.85.